The molecule has 0 amide bonds. The molecule has 2 aromatic heterocycles. The number of halogens is 1. The monoisotopic (exact) mass is 388 g/mol. The van der Waals surface area contributed by atoms with Crippen molar-refractivity contribution < 1.29 is 18.5 Å². The number of fused-ring (bicyclic) bond motifs is 2. The van der Waals surface area contributed by atoms with Crippen LogP contribution in [0.25, 0.3) is 21.1 Å². The highest BCUT2D eigenvalue weighted by Gasteiger charge is 2.23. The highest BCUT2D eigenvalue weighted by Crippen LogP contribution is 2.34. The van der Waals surface area contributed by atoms with Crippen molar-refractivity contribution in [1.82, 2.24) is 9.55 Å². The third-order valence-corrected chi connectivity index (χ3v) is 6.97. The Bertz CT molecular complexity index is 1160. The van der Waals surface area contributed by atoms with Gasteiger partial charge in [-0.15, -0.1) is 11.3 Å². The summed E-state index contributed by atoms with van der Waals surface area (Å²) in [4.78, 5) is 16.0. The second-order valence-electron chi connectivity index (χ2n) is 5.77. The maximum atomic E-state index is 13.8. The van der Waals surface area contributed by atoms with Crippen LogP contribution in [-0.2, 0) is 22.1 Å². The van der Waals surface area contributed by atoms with E-state index in [-0.39, 0.29) is 6.54 Å². The van der Waals surface area contributed by atoms with Crippen molar-refractivity contribution >= 4 is 49.2 Å². The molecule has 2 aromatic carbocycles. The molecule has 132 valence electrons. The zero-order chi connectivity index (χ0) is 18.4. The van der Waals surface area contributed by atoms with E-state index in [4.69, 9.17) is 0 Å². The standard InChI is InChI=1S/C18H13FN2O3S2/c1-10-17(26(24)18-20-13-4-2-3-5-15(13)25-18)12-8-11(19)6-7-14(12)21(10)9-16(22)23/h2-8H,9H2,1H3,(H,22,23). The predicted octanol–water partition coefficient (Wildman–Crippen LogP) is 3.95. The number of benzene rings is 2. The fourth-order valence-corrected chi connectivity index (χ4v) is 5.63. The minimum Gasteiger partial charge on any atom is -0.480 e. The Balaban J connectivity index is 1.94. The van der Waals surface area contributed by atoms with Gasteiger partial charge in [-0.1, -0.05) is 12.1 Å². The minimum atomic E-state index is -1.64. The summed E-state index contributed by atoms with van der Waals surface area (Å²) in [5, 5.41) is 9.63. The van der Waals surface area contributed by atoms with Crippen LogP contribution in [-0.4, -0.2) is 24.8 Å². The predicted molar refractivity (Wildman–Crippen MR) is 98.6 cm³/mol. The number of para-hydroxylation sites is 1. The number of thiazole rings is 1. The maximum Gasteiger partial charge on any atom is 0.323 e. The molecular weight excluding hydrogens is 375 g/mol. The molecule has 0 saturated heterocycles. The van der Waals surface area contributed by atoms with E-state index < -0.39 is 22.6 Å². The SMILES string of the molecule is Cc1c(S(=O)c2nc3ccccc3s2)c2cc(F)ccc2n1CC(=O)O. The number of nitrogens with zero attached hydrogens (tertiary/aromatic N) is 2. The first-order valence-corrected chi connectivity index (χ1v) is 9.70. The van der Waals surface area contributed by atoms with E-state index in [1.165, 1.54) is 34.1 Å². The van der Waals surface area contributed by atoms with E-state index in [0.717, 1.165) is 10.2 Å². The van der Waals surface area contributed by atoms with Gasteiger partial charge >= 0.3 is 5.97 Å². The number of carboxylic acids is 1. The molecule has 0 saturated carbocycles. The normalized spacial score (nSPS) is 12.7. The molecule has 0 aliphatic carbocycles. The van der Waals surface area contributed by atoms with Gasteiger partial charge in [-0.05, 0) is 37.3 Å². The lowest BCUT2D eigenvalue weighted by Gasteiger charge is -2.04. The summed E-state index contributed by atoms with van der Waals surface area (Å²) in [6.07, 6.45) is 0. The lowest BCUT2D eigenvalue weighted by Crippen LogP contribution is -2.10. The van der Waals surface area contributed by atoms with E-state index in [1.807, 2.05) is 24.3 Å². The van der Waals surface area contributed by atoms with Crippen LogP contribution >= 0.6 is 11.3 Å². The van der Waals surface area contributed by atoms with Crippen molar-refractivity contribution in [2.75, 3.05) is 0 Å². The average molecular weight is 388 g/mol. The van der Waals surface area contributed by atoms with E-state index in [0.29, 0.717) is 25.8 Å². The molecule has 0 radical (unpaired) electrons. The van der Waals surface area contributed by atoms with Crippen LogP contribution in [0.4, 0.5) is 4.39 Å². The van der Waals surface area contributed by atoms with Gasteiger partial charge in [0.15, 0.2) is 4.34 Å². The van der Waals surface area contributed by atoms with E-state index in [9.17, 15) is 18.5 Å². The molecule has 1 unspecified atom stereocenters. The second kappa shape index (κ2) is 6.30. The number of rotatable bonds is 4. The smallest absolute Gasteiger partial charge is 0.323 e. The fraction of sp³-hybridized carbons (Fsp3) is 0.111. The summed E-state index contributed by atoms with van der Waals surface area (Å²) >= 11 is 1.31. The molecule has 2 heterocycles. The summed E-state index contributed by atoms with van der Waals surface area (Å²) in [5.41, 5.74) is 1.82. The van der Waals surface area contributed by atoms with Crippen LogP contribution < -0.4 is 0 Å². The molecule has 0 aliphatic heterocycles. The van der Waals surface area contributed by atoms with Crippen LogP contribution in [0.2, 0.25) is 0 Å². The van der Waals surface area contributed by atoms with Crippen LogP contribution in [0.5, 0.6) is 0 Å². The highest BCUT2D eigenvalue weighted by molar-refractivity contribution is 7.87. The molecule has 5 nitrogen and oxygen atoms in total. The largest absolute Gasteiger partial charge is 0.480 e. The molecule has 0 bridgehead atoms. The lowest BCUT2D eigenvalue weighted by molar-refractivity contribution is -0.137. The average Bonchev–Trinajstić information content (AvgIpc) is 3.14. The molecule has 4 rings (SSSR count). The Kier molecular flexibility index (Phi) is 4.08. The molecule has 4 aromatic rings. The van der Waals surface area contributed by atoms with Crippen LogP contribution in [0.3, 0.4) is 0 Å². The maximum absolute atomic E-state index is 13.8. The summed E-state index contributed by atoms with van der Waals surface area (Å²) in [6, 6.07) is 11.5. The lowest BCUT2D eigenvalue weighted by atomic mass is 10.2. The molecule has 0 spiro atoms. The van der Waals surface area contributed by atoms with Crippen LogP contribution in [0.1, 0.15) is 5.69 Å². The minimum absolute atomic E-state index is 0.287. The molecule has 0 aliphatic rings. The zero-order valence-electron chi connectivity index (χ0n) is 13.6. The Hall–Kier alpha value is -2.58. The summed E-state index contributed by atoms with van der Waals surface area (Å²) in [7, 11) is -1.64. The fourth-order valence-electron chi connectivity index (χ4n) is 3.01. The van der Waals surface area contributed by atoms with E-state index in [1.54, 1.807) is 6.92 Å². The Morgan fingerprint density at radius 3 is 2.81 bits per heavy atom. The van der Waals surface area contributed by atoms with Crippen molar-refractivity contribution in [3.05, 3.63) is 54.0 Å². The summed E-state index contributed by atoms with van der Waals surface area (Å²) in [5.74, 6) is -1.49. The number of aromatic nitrogens is 2. The number of carbonyl (C=O) groups is 1. The number of hydrogen-bond donors (Lipinski definition) is 1. The third kappa shape index (κ3) is 2.71. The molecule has 1 atom stereocenters. The van der Waals surface area contributed by atoms with Gasteiger partial charge in [-0.25, -0.2) is 13.6 Å². The van der Waals surface area contributed by atoms with Gasteiger partial charge in [-0.3, -0.25) is 4.79 Å². The van der Waals surface area contributed by atoms with Gasteiger partial charge in [0.1, 0.15) is 23.2 Å². The Labute approximate surface area is 154 Å². The van der Waals surface area contributed by atoms with Crippen molar-refractivity contribution in [1.29, 1.82) is 0 Å². The van der Waals surface area contributed by atoms with Gasteiger partial charge in [0.2, 0.25) is 0 Å². The van der Waals surface area contributed by atoms with Gasteiger partial charge in [0, 0.05) is 11.1 Å². The zero-order valence-corrected chi connectivity index (χ0v) is 15.2. The first kappa shape index (κ1) is 16.9. The number of carboxylic acid groups (broad SMARTS) is 1. The highest BCUT2D eigenvalue weighted by atomic mass is 32.2. The van der Waals surface area contributed by atoms with Gasteiger partial charge < -0.3 is 9.67 Å². The topological polar surface area (TPSA) is 72.2 Å². The van der Waals surface area contributed by atoms with Gasteiger partial charge in [-0.2, -0.15) is 0 Å². The Morgan fingerprint density at radius 1 is 1.31 bits per heavy atom. The molecular formula is C18H13FN2O3S2. The van der Waals surface area contributed by atoms with Crippen LogP contribution in [0.15, 0.2) is 51.7 Å². The number of hydrogen-bond acceptors (Lipinski definition) is 4. The first-order chi connectivity index (χ1) is 12.5. The summed E-state index contributed by atoms with van der Waals surface area (Å²) in [6.45, 7) is 1.41. The van der Waals surface area contributed by atoms with Gasteiger partial charge in [0.05, 0.1) is 20.6 Å². The molecule has 0 fully saturated rings. The first-order valence-electron chi connectivity index (χ1n) is 7.73. The van der Waals surface area contributed by atoms with Gasteiger partial charge in [0.25, 0.3) is 0 Å². The molecule has 8 heteroatoms. The Morgan fingerprint density at radius 2 is 2.08 bits per heavy atom. The van der Waals surface area contributed by atoms with Crippen molar-refractivity contribution in [3.8, 4) is 0 Å². The van der Waals surface area contributed by atoms with E-state index >= 15 is 0 Å². The van der Waals surface area contributed by atoms with Crippen molar-refractivity contribution in [2.45, 2.75) is 22.7 Å². The van der Waals surface area contributed by atoms with E-state index in [2.05, 4.69) is 4.98 Å². The summed E-state index contributed by atoms with van der Waals surface area (Å²) < 4.78 is 29.9. The van der Waals surface area contributed by atoms with Crippen molar-refractivity contribution in [2.24, 2.45) is 0 Å². The molecule has 1 N–H and O–H groups in total. The second-order valence-corrected chi connectivity index (χ2v) is 8.39. The number of aliphatic carboxylic acids is 1. The molecule has 26 heavy (non-hydrogen) atoms. The van der Waals surface area contributed by atoms with Crippen molar-refractivity contribution in [3.63, 3.8) is 0 Å². The van der Waals surface area contributed by atoms with Crippen LogP contribution in [0, 0.1) is 12.7 Å². The third-order valence-electron chi connectivity index (χ3n) is 4.14. The quantitative estimate of drug-likeness (QED) is 0.575.